The van der Waals surface area contributed by atoms with Crippen molar-refractivity contribution in [3.63, 3.8) is 0 Å². The molecular weight excluding hydrogens is 458 g/mol. The molecule has 188 valence electrons. The van der Waals surface area contributed by atoms with Crippen molar-refractivity contribution in [3.05, 3.63) is 75.3 Å². The summed E-state index contributed by atoms with van der Waals surface area (Å²) in [7, 11) is 3.13. The number of nitrogens with one attached hydrogen (secondary N) is 1. The third kappa shape index (κ3) is 4.56. The quantitative estimate of drug-likeness (QED) is 0.404. The predicted octanol–water partition coefficient (Wildman–Crippen LogP) is 3.79. The van der Waals surface area contributed by atoms with Crippen LogP contribution in [0, 0.1) is 20.8 Å². The highest BCUT2D eigenvalue weighted by Gasteiger charge is 2.25. The van der Waals surface area contributed by atoms with Crippen molar-refractivity contribution >= 4 is 16.8 Å². The van der Waals surface area contributed by atoms with Crippen molar-refractivity contribution in [1.29, 1.82) is 0 Å². The number of carbonyl (C=O) groups excluding carboxylic acids is 1. The van der Waals surface area contributed by atoms with Crippen LogP contribution in [0.3, 0.4) is 0 Å². The number of amides is 1. The molecule has 2 aromatic heterocycles. The number of hydrogen-bond donors (Lipinski definition) is 1. The normalized spacial score (nSPS) is 11.9. The number of hydrogen-bond acceptors (Lipinski definition) is 6. The van der Waals surface area contributed by atoms with Crippen LogP contribution in [0.1, 0.15) is 41.9 Å². The van der Waals surface area contributed by atoms with Crippen molar-refractivity contribution in [2.45, 2.75) is 46.7 Å². The minimum atomic E-state index is -0.773. The summed E-state index contributed by atoms with van der Waals surface area (Å²) in [5.74, 6) is 0.893. The smallest absolute Gasteiger partial charge is 0.295 e. The Kier molecular flexibility index (Phi) is 7.10. The van der Waals surface area contributed by atoms with Gasteiger partial charge in [0.05, 0.1) is 36.7 Å². The molecule has 0 saturated heterocycles. The van der Waals surface area contributed by atoms with E-state index in [1.807, 2.05) is 58.0 Å². The lowest BCUT2D eigenvalue weighted by atomic mass is 10.1. The number of ether oxygens (including phenoxy) is 2. The third-order valence-electron chi connectivity index (χ3n) is 6.32. The first-order valence-corrected chi connectivity index (χ1v) is 11.8. The van der Waals surface area contributed by atoms with Gasteiger partial charge < -0.3 is 14.8 Å². The van der Waals surface area contributed by atoms with Crippen LogP contribution in [0.5, 0.6) is 11.5 Å². The average molecular weight is 490 g/mol. The summed E-state index contributed by atoms with van der Waals surface area (Å²) in [5, 5.41) is 12.8. The fourth-order valence-electron chi connectivity index (χ4n) is 4.37. The largest absolute Gasteiger partial charge is 0.493 e. The van der Waals surface area contributed by atoms with Gasteiger partial charge in [-0.25, -0.2) is 9.36 Å². The molecule has 0 radical (unpaired) electrons. The Labute approximate surface area is 209 Å². The first-order chi connectivity index (χ1) is 17.3. The van der Waals surface area contributed by atoms with E-state index in [9.17, 15) is 9.59 Å². The van der Waals surface area contributed by atoms with Crippen molar-refractivity contribution in [3.8, 4) is 17.2 Å². The lowest BCUT2D eigenvalue weighted by Gasteiger charge is -2.18. The molecule has 0 spiro atoms. The van der Waals surface area contributed by atoms with E-state index in [2.05, 4.69) is 15.5 Å². The molecule has 9 nitrogen and oxygen atoms in total. The van der Waals surface area contributed by atoms with Crippen molar-refractivity contribution in [2.75, 3.05) is 14.2 Å². The minimum absolute atomic E-state index is 0.271. The van der Waals surface area contributed by atoms with E-state index in [0.717, 1.165) is 22.5 Å². The van der Waals surface area contributed by atoms with Crippen LogP contribution in [0.15, 0.2) is 47.3 Å². The van der Waals surface area contributed by atoms with Gasteiger partial charge in [0.25, 0.3) is 5.56 Å². The van der Waals surface area contributed by atoms with Crippen LogP contribution < -0.4 is 20.3 Å². The van der Waals surface area contributed by atoms with Crippen LogP contribution in [0.4, 0.5) is 0 Å². The molecule has 9 heteroatoms. The lowest BCUT2D eigenvalue weighted by molar-refractivity contribution is -0.125. The molecule has 0 aliphatic carbocycles. The molecule has 0 aliphatic heterocycles. The van der Waals surface area contributed by atoms with Crippen LogP contribution in [-0.2, 0) is 11.3 Å². The van der Waals surface area contributed by atoms with E-state index in [1.165, 1.54) is 4.68 Å². The van der Waals surface area contributed by atoms with Gasteiger partial charge in [-0.15, -0.1) is 0 Å². The molecule has 0 aliphatic rings. The Balaban J connectivity index is 1.65. The lowest BCUT2D eigenvalue weighted by Crippen LogP contribution is -2.38. The van der Waals surface area contributed by atoms with E-state index in [1.54, 1.807) is 31.0 Å². The molecule has 4 rings (SSSR count). The summed E-state index contributed by atoms with van der Waals surface area (Å²) in [6.07, 6.45) is 0.396. The molecule has 36 heavy (non-hydrogen) atoms. The van der Waals surface area contributed by atoms with E-state index in [4.69, 9.17) is 9.47 Å². The third-order valence-corrected chi connectivity index (χ3v) is 6.32. The molecule has 0 bridgehead atoms. The summed E-state index contributed by atoms with van der Waals surface area (Å²) in [5.41, 5.74) is 4.22. The Morgan fingerprint density at radius 1 is 1.00 bits per heavy atom. The summed E-state index contributed by atoms with van der Waals surface area (Å²) in [4.78, 5) is 26.6. The minimum Gasteiger partial charge on any atom is -0.493 e. The van der Waals surface area contributed by atoms with Crippen molar-refractivity contribution in [2.24, 2.45) is 0 Å². The first kappa shape index (κ1) is 25.0. The highest BCUT2D eigenvalue weighted by Crippen LogP contribution is 2.27. The molecule has 1 amide bonds. The number of nitrogens with zero attached hydrogens (tertiary/aromatic N) is 4. The number of carbonyl (C=O) groups is 1. The molecule has 4 aromatic rings. The molecule has 0 fully saturated rings. The molecule has 1 N–H and O–H groups in total. The molecule has 0 unspecified atom stereocenters. The maximum absolute atomic E-state index is 13.5. The van der Waals surface area contributed by atoms with E-state index in [0.29, 0.717) is 34.5 Å². The van der Waals surface area contributed by atoms with E-state index >= 15 is 0 Å². The van der Waals surface area contributed by atoms with Gasteiger partial charge in [-0.1, -0.05) is 30.7 Å². The van der Waals surface area contributed by atoms with Crippen LogP contribution in [0.25, 0.3) is 16.6 Å². The van der Waals surface area contributed by atoms with Crippen LogP contribution in [-0.4, -0.2) is 39.7 Å². The van der Waals surface area contributed by atoms with E-state index < -0.39 is 11.6 Å². The second kappa shape index (κ2) is 10.2. The Morgan fingerprint density at radius 3 is 2.33 bits per heavy atom. The monoisotopic (exact) mass is 489 g/mol. The maximum Gasteiger partial charge on any atom is 0.295 e. The fraction of sp³-hybridized carbons (Fsp3) is 0.333. The van der Waals surface area contributed by atoms with Gasteiger partial charge in [0.1, 0.15) is 6.04 Å². The predicted molar refractivity (Wildman–Crippen MR) is 138 cm³/mol. The average Bonchev–Trinajstić information content (AvgIpc) is 3.24. The van der Waals surface area contributed by atoms with Gasteiger partial charge >= 0.3 is 0 Å². The number of rotatable bonds is 8. The Morgan fingerprint density at radius 2 is 1.69 bits per heavy atom. The first-order valence-electron chi connectivity index (χ1n) is 11.8. The van der Waals surface area contributed by atoms with Gasteiger partial charge in [-0.2, -0.15) is 10.2 Å². The highest BCUT2D eigenvalue weighted by atomic mass is 16.5. The number of benzene rings is 2. The second-order valence-corrected chi connectivity index (χ2v) is 8.72. The Hall–Kier alpha value is -4.14. The highest BCUT2D eigenvalue weighted by molar-refractivity contribution is 5.84. The van der Waals surface area contributed by atoms with Crippen LogP contribution >= 0.6 is 0 Å². The zero-order valence-corrected chi connectivity index (χ0v) is 21.5. The van der Waals surface area contributed by atoms with E-state index in [-0.39, 0.29) is 12.5 Å². The molecule has 2 heterocycles. The summed E-state index contributed by atoms with van der Waals surface area (Å²) < 4.78 is 13.6. The summed E-state index contributed by atoms with van der Waals surface area (Å²) in [6.45, 7) is 7.89. The topological polar surface area (TPSA) is 100 Å². The Bertz CT molecular complexity index is 1470. The molecule has 2 aromatic carbocycles. The molecule has 0 saturated carbocycles. The number of methoxy groups -OCH3 is 2. The standard InChI is InChI=1S/C27H31N5O4/c1-7-21(26(33)28-15-19-10-13-22(35-5)23(14-19)36-6)32-27(34)25-24(17(3)29-32)18(4)31(30-25)20-11-8-16(2)9-12-20/h8-14,21H,7,15H2,1-6H3,(H,28,33)/t21-/m1/s1. The van der Waals surface area contributed by atoms with Crippen LogP contribution in [0.2, 0.25) is 0 Å². The number of fused-ring (bicyclic) bond motifs is 1. The SMILES string of the molecule is CC[C@H](C(=O)NCc1ccc(OC)c(OC)c1)n1nc(C)c2c(C)n(-c3ccc(C)cc3)nc2c1=O. The van der Waals surface area contributed by atoms with Gasteiger partial charge in [0.15, 0.2) is 17.0 Å². The number of aromatic nitrogens is 4. The van der Waals surface area contributed by atoms with Gasteiger partial charge in [0.2, 0.25) is 5.91 Å². The molecular formula is C27H31N5O4. The zero-order chi connectivity index (χ0) is 26.0. The van der Waals surface area contributed by atoms with Gasteiger partial charge in [0, 0.05) is 6.54 Å². The summed E-state index contributed by atoms with van der Waals surface area (Å²) in [6, 6.07) is 12.6. The van der Waals surface area contributed by atoms with Gasteiger partial charge in [-0.05, 0) is 57.0 Å². The molecule has 1 atom stereocenters. The second-order valence-electron chi connectivity index (χ2n) is 8.72. The maximum atomic E-state index is 13.5. The zero-order valence-electron chi connectivity index (χ0n) is 21.5. The van der Waals surface area contributed by atoms with Gasteiger partial charge in [-0.3, -0.25) is 9.59 Å². The summed E-state index contributed by atoms with van der Waals surface area (Å²) >= 11 is 0. The van der Waals surface area contributed by atoms with Crippen molar-refractivity contribution < 1.29 is 14.3 Å². The fourth-order valence-corrected chi connectivity index (χ4v) is 4.37. The van der Waals surface area contributed by atoms with Crippen molar-refractivity contribution in [1.82, 2.24) is 24.9 Å². The number of aryl methyl sites for hydroxylation is 3.